The molecule has 0 aliphatic rings. The molecule has 0 saturated heterocycles. The van der Waals surface area contributed by atoms with Crippen LogP contribution in [0.2, 0.25) is 0 Å². The van der Waals surface area contributed by atoms with E-state index >= 15 is 4.39 Å². The predicted molar refractivity (Wildman–Crippen MR) is 167 cm³/mol. The lowest BCUT2D eigenvalue weighted by molar-refractivity contribution is -0.148. The topological polar surface area (TPSA) is 129 Å². The highest BCUT2D eigenvalue weighted by Gasteiger charge is 2.45. The van der Waals surface area contributed by atoms with E-state index in [1.807, 2.05) is 5.38 Å². The lowest BCUT2D eigenvalue weighted by Crippen LogP contribution is -2.42. The first kappa shape index (κ1) is 32.6. The van der Waals surface area contributed by atoms with Crippen molar-refractivity contribution in [3.8, 4) is 23.1 Å². The zero-order valence-electron chi connectivity index (χ0n) is 25.0. The summed E-state index contributed by atoms with van der Waals surface area (Å²) < 4.78 is 60.6. The van der Waals surface area contributed by atoms with Crippen LogP contribution >= 0.6 is 18.7 Å². The van der Waals surface area contributed by atoms with Crippen LogP contribution in [-0.2, 0) is 26.2 Å². The van der Waals surface area contributed by atoms with Crippen LogP contribution in [0.25, 0.3) is 11.3 Å². The lowest BCUT2D eigenvalue weighted by Gasteiger charge is -2.38. The van der Waals surface area contributed by atoms with E-state index in [1.165, 1.54) is 60.2 Å². The molecule has 0 bridgehead atoms. The smallest absolute Gasteiger partial charge is 0.340 e. The third kappa shape index (κ3) is 7.54. The minimum atomic E-state index is -2.88. The van der Waals surface area contributed by atoms with Crippen LogP contribution in [0.15, 0.2) is 84.8 Å². The number of aromatic nitrogens is 4. The number of carbonyl (C=O) groups is 1. The monoisotopic (exact) mass is 663 g/mol. The van der Waals surface area contributed by atoms with Gasteiger partial charge in [0.05, 0.1) is 34.4 Å². The largest absolute Gasteiger partial charge is 0.443 e. The first-order valence-electron chi connectivity index (χ1n) is 13.9. The molecule has 46 heavy (non-hydrogen) atoms. The molecule has 14 heteroatoms. The van der Waals surface area contributed by atoms with E-state index in [4.69, 9.17) is 24.2 Å². The van der Waals surface area contributed by atoms with Crippen molar-refractivity contribution < 1.29 is 32.1 Å². The maximum atomic E-state index is 15.7. The third-order valence-electron chi connectivity index (χ3n) is 7.05. The van der Waals surface area contributed by atoms with Gasteiger partial charge in [-0.2, -0.15) is 10.4 Å². The fourth-order valence-corrected chi connectivity index (χ4v) is 6.42. The van der Waals surface area contributed by atoms with E-state index < -0.39 is 43.3 Å². The molecule has 2 heterocycles. The van der Waals surface area contributed by atoms with Gasteiger partial charge in [0, 0.05) is 41.8 Å². The number of nitrogens with zero attached hydrogens (tertiary/aromatic N) is 5. The average molecular weight is 664 g/mol. The Labute approximate surface area is 267 Å². The van der Waals surface area contributed by atoms with Gasteiger partial charge in [0.1, 0.15) is 35.6 Å². The fourth-order valence-electron chi connectivity index (χ4n) is 4.83. The summed E-state index contributed by atoms with van der Waals surface area (Å²) in [6.45, 7) is 3.94. The summed E-state index contributed by atoms with van der Waals surface area (Å²) in [5.74, 6) is -2.90. The second-order valence-electron chi connectivity index (χ2n) is 10.7. The number of rotatable bonds is 12. The molecule has 3 aromatic carbocycles. The molecule has 0 amide bonds. The zero-order valence-corrected chi connectivity index (χ0v) is 26.7. The molecule has 0 N–H and O–H groups in total. The van der Waals surface area contributed by atoms with Gasteiger partial charge in [0.2, 0.25) is 7.37 Å². The van der Waals surface area contributed by atoms with Crippen molar-refractivity contribution in [3.05, 3.63) is 118 Å². The SMILES string of the molecule is C[C@@H](c1nc(-c2ccc(C#N)cc2)cs1)[C@@](Cn1cncn1)(OCOC(=O)c1cccc(OP(C)(C)=O)c1)c1ccc(F)cc1F. The van der Waals surface area contributed by atoms with Crippen LogP contribution in [0.3, 0.4) is 0 Å². The molecular formula is C32H28F2N5O5PS. The lowest BCUT2D eigenvalue weighted by atomic mass is 9.81. The van der Waals surface area contributed by atoms with Crippen molar-refractivity contribution in [2.45, 2.75) is 25.0 Å². The fraction of sp³-hybridized carbons (Fsp3) is 0.219. The Kier molecular flexibility index (Phi) is 9.72. The minimum absolute atomic E-state index is 0.0138. The first-order chi connectivity index (χ1) is 22.0. The summed E-state index contributed by atoms with van der Waals surface area (Å²) in [5, 5.41) is 15.7. The predicted octanol–water partition coefficient (Wildman–Crippen LogP) is 7.00. The van der Waals surface area contributed by atoms with Crippen molar-refractivity contribution >= 4 is 24.7 Å². The van der Waals surface area contributed by atoms with Crippen LogP contribution in [0.4, 0.5) is 8.78 Å². The Balaban J connectivity index is 1.50. The molecule has 0 fully saturated rings. The van der Waals surface area contributed by atoms with Gasteiger partial charge in [-0.05, 0) is 36.4 Å². The maximum Gasteiger partial charge on any atom is 0.340 e. The molecule has 10 nitrogen and oxygen atoms in total. The molecule has 0 aliphatic heterocycles. The molecule has 0 radical (unpaired) electrons. The molecule has 5 aromatic rings. The molecule has 236 valence electrons. The zero-order chi connectivity index (χ0) is 32.9. The summed E-state index contributed by atoms with van der Waals surface area (Å²) >= 11 is 1.31. The van der Waals surface area contributed by atoms with Gasteiger partial charge in [-0.15, -0.1) is 11.3 Å². The maximum absolute atomic E-state index is 15.7. The molecule has 0 saturated carbocycles. The quantitative estimate of drug-likeness (QED) is 0.0787. The van der Waals surface area contributed by atoms with Crippen molar-refractivity contribution in [2.24, 2.45) is 0 Å². The van der Waals surface area contributed by atoms with Crippen molar-refractivity contribution in [1.82, 2.24) is 19.7 Å². The number of ether oxygens (including phenoxy) is 2. The number of benzene rings is 3. The normalized spacial score (nSPS) is 13.4. The number of esters is 1. The highest BCUT2D eigenvalue weighted by molar-refractivity contribution is 7.57. The Morgan fingerprint density at radius 3 is 2.59 bits per heavy atom. The van der Waals surface area contributed by atoms with E-state index in [9.17, 15) is 13.8 Å². The van der Waals surface area contributed by atoms with E-state index in [0.29, 0.717) is 16.3 Å². The standard InChI is InChI=1S/C32H28F2N5O5PS/c1-21(30-38-29(16-46-30)23-9-7-22(15-35)8-10-23)32(17-39-19-36-18-37-39,27-12-11-25(33)14-28(27)34)43-20-42-31(40)24-5-4-6-26(13-24)44-45(2,3)41/h4-14,16,18-19,21H,17,20H2,1-3H3/t21-,32+/m0/s1. The molecule has 5 rings (SSSR count). The highest BCUT2D eigenvalue weighted by Crippen LogP contribution is 2.45. The second-order valence-corrected chi connectivity index (χ2v) is 14.2. The van der Waals surface area contributed by atoms with Crippen molar-refractivity contribution in [2.75, 3.05) is 20.1 Å². The Bertz CT molecular complexity index is 1920. The van der Waals surface area contributed by atoms with E-state index in [0.717, 1.165) is 17.7 Å². The second kappa shape index (κ2) is 13.7. The first-order valence-corrected chi connectivity index (χ1v) is 17.3. The minimum Gasteiger partial charge on any atom is -0.443 e. The number of hydrogen-bond acceptors (Lipinski definition) is 10. The van der Waals surface area contributed by atoms with Gasteiger partial charge in [-0.25, -0.2) is 28.2 Å². The molecule has 2 aromatic heterocycles. The molecule has 0 spiro atoms. The Morgan fingerprint density at radius 2 is 1.91 bits per heavy atom. The van der Waals surface area contributed by atoms with Crippen LogP contribution in [0.5, 0.6) is 5.75 Å². The summed E-state index contributed by atoms with van der Waals surface area (Å²) in [6, 6.07) is 18.2. The number of carbonyl (C=O) groups excluding carboxylic acids is 1. The van der Waals surface area contributed by atoms with Crippen molar-refractivity contribution in [1.29, 1.82) is 5.26 Å². The van der Waals surface area contributed by atoms with Gasteiger partial charge in [-0.1, -0.05) is 31.2 Å². The Hall–Kier alpha value is -4.76. The van der Waals surface area contributed by atoms with Crippen LogP contribution in [-0.4, -0.2) is 45.8 Å². The van der Waals surface area contributed by atoms with E-state index in [1.54, 1.807) is 43.3 Å². The van der Waals surface area contributed by atoms with Crippen LogP contribution in [0, 0.1) is 23.0 Å². The van der Waals surface area contributed by atoms with Crippen LogP contribution < -0.4 is 4.52 Å². The summed E-state index contributed by atoms with van der Waals surface area (Å²) in [5.41, 5.74) is 0.372. The molecule has 0 unspecified atom stereocenters. The van der Waals surface area contributed by atoms with Crippen LogP contribution in [0.1, 0.15) is 39.3 Å². The molecular weight excluding hydrogens is 635 g/mol. The highest BCUT2D eigenvalue weighted by atomic mass is 32.1. The number of hydrogen-bond donors (Lipinski definition) is 0. The van der Waals surface area contributed by atoms with Gasteiger partial charge in [0.15, 0.2) is 6.79 Å². The van der Waals surface area contributed by atoms with Gasteiger partial charge < -0.3 is 14.0 Å². The van der Waals surface area contributed by atoms with Crippen molar-refractivity contribution in [3.63, 3.8) is 0 Å². The van der Waals surface area contributed by atoms with Gasteiger partial charge in [0.25, 0.3) is 0 Å². The van der Waals surface area contributed by atoms with E-state index in [2.05, 4.69) is 16.2 Å². The number of halogens is 2. The average Bonchev–Trinajstić information content (AvgIpc) is 3.72. The molecule has 0 aliphatic carbocycles. The summed E-state index contributed by atoms with van der Waals surface area (Å²) in [4.78, 5) is 21.9. The number of nitriles is 1. The third-order valence-corrected chi connectivity index (χ3v) is 8.73. The van der Waals surface area contributed by atoms with E-state index in [-0.39, 0.29) is 23.4 Å². The van der Waals surface area contributed by atoms with Gasteiger partial charge in [-0.3, -0.25) is 4.57 Å². The Morgan fingerprint density at radius 1 is 1.13 bits per heavy atom. The summed E-state index contributed by atoms with van der Waals surface area (Å²) in [7, 11) is -2.88. The van der Waals surface area contributed by atoms with Gasteiger partial charge >= 0.3 is 5.97 Å². The summed E-state index contributed by atoms with van der Waals surface area (Å²) in [6.07, 6.45) is 2.73. The molecule has 2 atom stereocenters. The number of thiazole rings is 1.